The Labute approximate surface area is 177 Å². The molecule has 2 fully saturated rings. The standard InChI is InChI=1S/C21H30N2O6S/c1-14-4-3-5-19(15(14)2)23-13-16(12-20(23)24)21(25)29-11-10-28-17-6-8-18(9-7-17)30(22,26)27/h6-9,14-16,19H,3-5,10-13H2,1-2H3,(H2,22,26,27)/t14-,15-,16+,19+/m1/s1. The largest absolute Gasteiger partial charge is 0.490 e. The fourth-order valence-corrected chi connectivity index (χ4v) is 4.86. The molecule has 3 rings (SSSR count). The Morgan fingerprint density at radius 1 is 1.17 bits per heavy atom. The average Bonchev–Trinajstić information content (AvgIpc) is 3.08. The second-order valence-corrected chi connectivity index (χ2v) is 9.88. The van der Waals surface area contributed by atoms with Gasteiger partial charge in [0.05, 0.1) is 10.8 Å². The summed E-state index contributed by atoms with van der Waals surface area (Å²) in [5.41, 5.74) is 0. The summed E-state index contributed by atoms with van der Waals surface area (Å²) in [6.07, 6.45) is 3.50. The van der Waals surface area contributed by atoms with Crippen LogP contribution in [0.5, 0.6) is 5.75 Å². The minimum absolute atomic E-state index is 0.00147. The number of carbonyl (C=O) groups excluding carboxylic acids is 2. The number of amides is 1. The lowest BCUT2D eigenvalue weighted by atomic mass is 9.77. The number of likely N-dealkylation sites (tertiary alicyclic amines) is 1. The molecule has 1 saturated carbocycles. The summed E-state index contributed by atoms with van der Waals surface area (Å²) in [5.74, 6) is 0.687. The van der Waals surface area contributed by atoms with E-state index in [4.69, 9.17) is 14.6 Å². The van der Waals surface area contributed by atoms with Crippen LogP contribution in [0, 0.1) is 17.8 Å². The summed E-state index contributed by atoms with van der Waals surface area (Å²) in [5, 5.41) is 5.05. The average molecular weight is 439 g/mol. The van der Waals surface area contributed by atoms with E-state index in [2.05, 4.69) is 13.8 Å². The van der Waals surface area contributed by atoms with Crippen molar-refractivity contribution >= 4 is 21.9 Å². The van der Waals surface area contributed by atoms with Crippen molar-refractivity contribution in [3.8, 4) is 5.75 Å². The number of esters is 1. The van der Waals surface area contributed by atoms with Crippen LogP contribution in [0.4, 0.5) is 0 Å². The van der Waals surface area contributed by atoms with Gasteiger partial charge < -0.3 is 14.4 Å². The molecule has 2 N–H and O–H groups in total. The summed E-state index contributed by atoms with van der Waals surface area (Å²) in [6.45, 7) is 5.03. The quantitative estimate of drug-likeness (QED) is 0.514. The van der Waals surface area contributed by atoms with Gasteiger partial charge in [0.2, 0.25) is 15.9 Å². The predicted octanol–water partition coefficient (Wildman–Crippen LogP) is 1.93. The number of nitrogens with two attached hydrogens (primary N) is 1. The number of hydrogen-bond donors (Lipinski definition) is 1. The molecule has 0 spiro atoms. The van der Waals surface area contributed by atoms with Gasteiger partial charge in [-0.2, -0.15) is 0 Å². The van der Waals surface area contributed by atoms with E-state index < -0.39 is 15.9 Å². The van der Waals surface area contributed by atoms with Crippen molar-refractivity contribution < 1.29 is 27.5 Å². The third-order valence-electron chi connectivity index (χ3n) is 6.30. The van der Waals surface area contributed by atoms with Crippen LogP contribution in [0.15, 0.2) is 29.2 Å². The molecule has 8 nitrogen and oxygen atoms in total. The molecule has 0 bridgehead atoms. The Morgan fingerprint density at radius 2 is 1.87 bits per heavy atom. The van der Waals surface area contributed by atoms with Gasteiger partial charge in [-0.3, -0.25) is 9.59 Å². The number of rotatable bonds is 7. The topological polar surface area (TPSA) is 116 Å². The van der Waals surface area contributed by atoms with Crippen LogP contribution in [-0.4, -0.2) is 51.0 Å². The lowest BCUT2D eigenvalue weighted by molar-refractivity contribution is -0.149. The number of primary sulfonamides is 1. The first-order chi connectivity index (χ1) is 14.2. The van der Waals surface area contributed by atoms with Gasteiger partial charge in [-0.25, -0.2) is 13.6 Å². The molecule has 1 aromatic rings. The Balaban J connectivity index is 1.44. The van der Waals surface area contributed by atoms with Crippen LogP contribution in [0.1, 0.15) is 39.5 Å². The minimum Gasteiger partial charge on any atom is -0.490 e. The molecule has 9 heteroatoms. The lowest BCUT2D eigenvalue weighted by Gasteiger charge is -2.39. The van der Waals surface area contributed by atoms with Crippen molar-refractivity contribution in [2.45, 2.75) is 50.5 Å². The van der Waals surface area contributed by atoms with Gasteiger partial charge in [0.1, 0.15) is 19.0 Å². The molecule has 0 aromatic heterocycles. The summed E-state index contributed by atoms with van der Waals surface area (Å²) >= 11 is 0. The van der Waals surface area contributed by atoms with Gasteiger partial charge >= 0.3 is 5.97 Å². The van der Waals surface area contributed by atoms with E-state index in [1.807, 2.05) is 4.90 Å². The van der Waals surface area contributed by atoms with Crippen molar-refractivity contribution in [1.82, 2.24) is 4.90 Å². The number of ether oxygens (including phenoxy) is 2. The van der Waals surface area contributed by atoms with Gasteiger partial charge in [0, 0.05) is 19.0 Å². The smallest absolute Gasteiger partial charge is 0.311 e. The SMILES string of the molecule is C[C@@H]1[C@H](C)CCC[C@@H]1N1C[C@@H](C(=O)OCCOc2ccc(S(N)(=O)=O)cc2)CC1=O. The fourth-order valence-electron chi connectivity index (χ4n) is 4.35. The fraction of sp³-hybridized carbons (Fsp3) is 0.619. The van der Waals surface area contributed by atoms with E-state index in [9.17, 15) is 18.0 Å². The summed E-state index contributed by atoms with van der Waals surface area (Å²) in [7, 11) is -3.75. The highest BCUT2D eigenvalue weighted by Crippen LogP contribution is 2.35. The van der Waals surface area contributed by atoms with Gasteiger partial charge in [0.25, 0.3) is 0 Å². The van der Waals surface area contributed by atoms with Gasteiger partial charge in [0.15, 0.2) is 0 Å². The third kappa shape index (κ3) is 5.31. The number of nitrogens with zero attached hydrogens (tertiary/aromatic N) is 1. The molecule has 0 radical (unpaired) electrons. The monoisotopic (exact) mass is 438 g/mol. The Hall–Kier alpha value is -2.13. The molecule has 1 aliphatic heterocycles. The Morgan fingerprint density at radius 3 is 2.53 bits per heavy atom. The second kappa shape index (κ2) is 9.34. The Kier molecular flexibility index (Phi) is 7.02. The van der Waals surface area contributed by atoms with Gasteiger partial charge in [-0.05, 0) is 42.5 Å². The number of carbonyl (C=O) groups is 2. The maximum Gasteiger partial charge on any atom is 0.311 e. The molecular weight excluding hydrogens is 408 g/mol. The van der Waals surface area contributed by atoms with Crippen molar-refractivity contribution in [3.05, 3.63) is 24.3 Å². The van der Waals surface area contributed by atoms with Crippen LogP contribution in [0.25, 0.3) is 0 Å². The van der Waals surface area contributed by atoms with Crippen molar-refractivity contribution in [1.29, 1.82) is 0 Å². The predicted molar refractivity (Wildman–Crippen MR) is 110 cm³/mol. The van der Waals surface area contributed by atoms with Gasteiger partial charge in [-0.1, -0.05) is 26.7 Å². The normalized spacial score (nSPS) is 27.2. The first-order valence-corrected chi connectivity index (χ1v) is 11.9. The van der Waals surface area contributed by atoms with Crippen molar-refractivity contribution in [3.63, 3.8) is 0 Å². The van der Waals surface area contributed by atoms with Gasteiger partial charge in [-0.15, -0.1) is 0 Å². The molecular formula is C21H30N2O6S. The lowest BCUT2D eigenvalue weighted by Crippen LogP contribution is -2.45. The van der Waals surface area contributed by atoms with E-state index >= 15 is 0 Å². The Bertz CT molecular complexity index is 870. The highest BCUT2D eigenvalue weighted by molar-refractivity contribution is 7.89. The van der Waals surface area contributed by atoms with Crippen LogP contribution in [-0.2, 0) is 24.3 Å². The van der Waals surface area contributed by atoms with E-state index in [1.165, 1.54) is 30.7 Å². The number of hydrogen-bond acceptors (Lipinski definition) is 6. The third-order valence-corrected chi connectivity index (χ3v) is 7.23. The maximum absolute atomic E-state index is 12.5. The zero-order valence-corrected chi connectivity index (χ0v) is 18.3. The molecule has 4 atom stereocenters. The summed E-state index contributed by atoms with van der Waals surface area (Å²) < 4.78 is 33.2. The molecule has 0 unspecified atom stereocenters. The number of sulfonamides is 1. The van der Waals surface area contributed by atoms with Crippen LogP contribution in [0.3, 0.4) is 0 Å². The second-order valence-electron chi connectivity index (χ2n) is 8.31. The molecule has 166 valence electrons. The minimum atomic E-state index is -3.75. The zero-order valence-electron chi connectivity index (χ0n) is 17.5. The number of benzene rings is 1. The molecule has 1 aliphatic carbocycles. The van der Waals surface area contributed by atoms with E-state index in [1.54, 1.807) is 0 Å². The molecule has 30 heavy (non-hydrogen) atoms. The van der Waals surface area contributed by atoms with Crippen molar-refractivity contribution in [2.75, 3.05) is 19.8 Å². The summed E-state index contributed by atoms with van der Waals surface area (Å²) in [6, 6.07) is 5.89. The first-order valence-electron chi connectivity index (χ1n) is 10.4. The van der Waals surface area contributed by atoms with E-state index in [0.717, 1.165) is 12.8 Å². The van der Waals surface area contributed by atoms with Crippen LogP contribution >= 0.6 is 0 Å². The maximum atomic E-state index is 12.5. The highest BCUT2D eigenvalue weighted by atomic mass is 32.2. The molecule has 1 heterocycles. The molecule has 2 aliphatic rings. The van der Waals surface area contributed by atoms with E-state index in [0.29, 0.717) is 24.1 Å². The zero-order chi connectivity index (χ0) is 21.9. The van der Waals surface area contributed by atoms with Crippen molar-refractivity contribution in [2.24, 2.45) is 22.9 Å². The van der Waals surface area contributed by atoms with Crippen LogP contribution < -0.4 is 9.88 Å². The van der Waals surface area contributed by atoms with Crippen LogP contribution in [0.2, 0.25) is 0 Å². The summed E-state index contributed by atoms with van der Waals surface area (Å²) in [4.78, 5) is 26.8. The molecule has 1 aromatic carbocycles. The highest BCUT2D eigenvalue weighted by Gasteiger charge is 2.42. The molecule has 1 saturated heterocycles. The van der Waals surface area contributed by atoms with E-state index in [-0.39, 0.29) is 42.4 Å². The first kappa shape index (κ1) is 22.6. The molecule has 1 amide bonds.